The first-order chi connectivity index (χ1) is 6.53. The third kappa shape index (κ3) is 1.35. The lowest BCUT2D eigenvalue weighted by Crippen LogP contribution is -2.08. The smallest absolute Gasteiger partial charge is 0.278 e. The summed E-state index contributed by atoms with van der Waals surface area (Å²) in [6.07, 6.45) is 0.999. The maximum absolute atomic E-state index is 12.7. The predicted octanol–water partition coefficient (Wildman–Crippen LogP) is 1.72. The zero-order valence-corrected chi connectivity index (χ0v) is 7.24. The van der Waals surface area contributed by atoms with E-state index in [0.717, 1.165) is 12.1 Å². The summed E-state index contributed by atoms with van der Waals surface area (Å²) >= 11 is 0. The Morgan fingerprint density at radius 2 is 2.14 bits per heavy atom. The SMILES string of the molecule is O=[N+]([O-])c1cc(F)ccc1C1(O)CC1. The van der Waals surface area contributed by atoms with Gasteiger partial charge in [0.1, 0.15) is 5.82 Å². The average molecular weight is 197 g/mol. The van der Waals surface area contributed by atoms with Crippen LogP contribution in [-0.4, -0.2) is 10.0 Å². The number of nitro groups is 1. The van der Waals surface area contributed by atoms with Gasteiger partial charge < -0.3 is 5.11 Å². The molecule has 74 valence electrons. The minimum Gasteiger partial charge on any atom is -0.385 e. The van der Waals surface area contributed by atoms with E-state index in [1.807, 2.05) is 0 Å². The second-order valence-corrected chi connectivity index (χ2v) is 3.45. The van der Waals surface area contributed by atoms with Crippen LogP contribution in [0.25, 0.3) is 0 Å². The van der Waals surface area contributed by atoms with Crippen LogP contribution in [0.1, 0.15) is 18.4 Å². The fraction of sp³-hybridized carbons (Fsp3) is 0.333. The fourth-order valence-electron chi connectivity index (χ4n) is 1.44. The molecule has 0 unspecified atom stereocenters. The van der Waals surface area contributed by atoms with Gasteiger partial charge in [0.15, 0.2) is 0 Å². The van der Waals surface area contributed by atoms with Gasteiger partial charge in [0.2, 0.25) is 0 Å². The Hall–Kier alpha value is -1.49. The van der Waals surface area contributed by atoms with Gasteiger partial charge >= 0.3 is 0 Å². The number of aliphatic hydroxyl groups is 1. The van der Waals surface area contributed by atoms with Crippen LogP contribution in [0.5, 0.6) is 0 Å². The first-order valence-electron chi connectivity index (χ1n) is 4.20. The van der Waals surface area contributed by atoms with Gasteiger partial charge in [0.25, 0.3) is 5.69 Å². The van der Waals surface area contributed by atoms with Crippen LogP contribution in [0.4, 0.5) is 10.1 Å². The van der Waals surface area contributed by atoms with Gasteiger partial charge in [-0.25, -0.2) is 4.39 Å². The summed E-state index contributed by atoms with van der Waals surface area (Å²) in [7, 11) is 0. The van der Waals surface area contributed by atoms with Crippen LogP contribution in [0, 0.1) is 15.9 Å². The first-order valence-corrected chi connectivity index (χ1v) is 4.20. The van der Waals surface area contributed by atoms with E-state index in [-0.39, 0.29) is 11.3 Å². The van der Waals surface area contributed by atoms with Gasteiger partial charge in [-0.2, -0.15) is 0 Å². The molecule has 2 rings (SSSR count). The highest BCUT2D eigenvalue weighted by molar-refractivity contribution is 5.46. The molecule has 0 amide bonds. The molecule has 1 fully saturated rings. The van der Waals surface area contributed by atoms with Crippen molar-refractivity contribution < 1.29 is 14.4 Å². The van der Waals surface area contributed by atoms with E-state index in [0.29, 0.717) is 12.8 Å². The van der Waals surface area contributed by atoms with Crippen LogP contribution < -0.4 is 0 Å². The summed E-state index contributed by atoms with van der Waals surface area (Å²) in [5, 5.41) is 20.3. The summed E-state index contributed by atoms with van der Waals surface area (Å²) in [6, 6.07) is 3.24. The van der Waals surface area contributed by atoms with Gasteiger partial charge in [-0.15, -0.1) is 0 Å². The third-order valence-electron chi connectivity index (χ3n) is 2.38. The first kappa shape index (κ1) is 9.08. The Morgan fingerprint density at radius 3 is 2.64 bits per heavy atom. The van der Waals surface area contributed by atoms with E-state index in [4.69, 9.17) is 0 Å². The van der Waals surface area contributed by atoms with Crippen LogP contribution in [-0.2, 0) is 5.60 Å². The molecule has 0 aliphatic heterocycles. The van der Waals surface area contributed by atoms with Gasteiger partial charge in [-0.3, -0.25) is 10.1 Å². The number of nitro benzene ring substituents is 1. The molecule has 1 aromatic carbocycles. The zero-order valence-electron chi connectivity index (χ0n) is 7.24. The Bertz CT molecular complexity index is 401. The van der Waals surface area contributed by atoms with Gasteiger partial charge in [-0.1, -0.05) is 0 Å². The lowest BCUT2D eigenvalue weighted by molar-refractivity contribution is -0.386. The van der Waals surface area contributed by atoms with Crippen molar-refractivity contribution in [3.8, 4) is 0 Å². The van der Waals surface area contributed by atoms with Gasteiger partial charge in [0, 0.05) is 0 Å². The average Bonchev–Trinajstić information content (AvgIpc) is 2.84. The van der Waals surface area contributed by atoms with E-state index in [9.17, 15) is 19.6 Å². The molecule has 0 aromatic heterocycles. The predicted molar refractivity (Wildman–Crippen MR) is 46.2 cm³/mol. The Kier molecular flexibility index (Phi) is 1.78. The monoisotopic (exact) mass is 197 g/mol. The molecule has 1 aromatic rings. The molecule has 0 spiro atoms. The minimum absolute atomic E-state index is 0.212. The maximum Gasteiger partial charge on any atom is 0.278 e. The molecule has 1 saturated carbocycles. The highest BCUT2D eigenvalue weighted by atomic mass is 19.1. The Morgan fingerprint density at radius 1 is 1.50 bits per heavy atom. The van der Waals surface area contributed by atoms with Crippen LogP contribution in [0.3, 0.4) is 0 Å². The number of benzene rings is 1. The highest BCUT2D eigenvalue weighted by Gasteiger charge is 2.46. The van der Waals surface area contributed by atoms with Crippen molar-refractivity contribution in [1.29, 1.82) is 0 Å². The summed E-state index contributed by atoms with van der Waals surface area (Å²) in [4.78, 5) is 9.90. The van der Waals surface area contributed by atoms with Gasteiger partial charge in [-0.05, 0) is 25.0 Å². The second kappa shape index (κ2) is 2.75. The highest BCUT2D eigenvalue weighted by Crippen LogP contribution is 2.48. The molecule has 5 heteroatoms. The van der Waals surface area contributed by atoms with Crippen molar-refractivity contribution >= 4 is 5.69 Å². The fourth-order valence-corrected chi connectivity index (χ4v) is 1.44. The molecule has 0 radical (unpaired) electrons. The maximum atomic E-state index is 12.7. The summed E-state index contributed by atoms with van der Waals surface area (Å²) in [6.45, 7) is 0. The molecule has 0 heterocycles. The lowest BCUT2D eigenvalue weighted by Gasteiger charge is -2.07. The topological polar surface area (TPSA) is 63.4 Å². The van der Waals surface area contributed by atoms with Gasteiger partial charge in [0.05, 0.1) is 22.2 Å². The molecule has 4 nitrogen and oxygen atoms in total. The lowest BCUT2D eigenvalue weighted by atomic mass is 10.1. The Labute approximate surface area is 79.1 Å². The number of hydrogen-bond acceptors (Lipinski definition) is 3. The summed E-state index contributed by atoms with van der Waals surface area (Å²) < 4.78 is 12.7. The summed E-state index contributed by atoms with van der Waals surface area (Å²) in [5.74, 6) is -0.662. The van der Waals surface area contributed by atoms with E-state index in [1.54, 1.807) is 0 Å². The van der Waals surface area contributed by atoms with Crippen molar-refractivity contribution in [2.24, 2.45) is 0 Å². The zero-order chi connectivity index (χ0) is 10.3. The second-order valence-electron chi connectivity index (χ2n) is 3.45. The largest absolute Gasteiger partial charge is 0.385 e. The molecule has 14 heavy (non-hydrogen) atoms. The molecule has 0 saturated heterocycles. The number of rotatable bonds is 2. The van der Waals surface area contributed by atoms with Crippen LogP contribution >= 0.6 is 0 Å². The van der Waals surface area contributed by atoms with E-state index in [2.05, 4.69) is 0 Å². The van der Waals surface area contributed by atoms with E-state index in [1.165, 1.54) is 6.07 Å². The van der Waals surface area contributed by atoms with Crippen molar-refractivity contribution in [2.45, 2.75) is 18.4 Å². The number of hydrogen-bond donors (Lipinski definition) is 1. The van der Waals surface area contributed by atoms with Crippen molar-refractivity contribution in [3.05, 3.63) is 39.7 Å². The normalized spacial score (nSPS) is 17.9. The van der Waals surface area contributed by atoms with Crippen molar-refractivity contribution in [3.63, 3.8) is 0 Å². The Balaban J connectivity index is 2.54. The standard InChI is InChI=1S/C9H8FNO3/c10-6-1-2-7(9(12)3-4-9)8(5-6)11(13)14/h1-2,5,12H,3-4H2. The number of halogens is 1. The van der Waals surface area contributed by atoms with Crippen molar-refractivity contribution in [1.82, 2.24) is 0 Å². The van der Waals surface area contributed by atoms with E-state index < -0.39 is 16.3 Å². The van der Waals surface area contributed by atoms with Crippen molar-refractivity contribution in [2.75, 3.05) is 0 Å². The summed E-state index contributed by atoms with van der Waals surface area (Å²) in [5.41, 5.74) is -1.23. The molecule has 1 N–H and O–H groups in total. The minimum atomic E-state index is -1.10. The molecule has 1 aliphatic carbocycles. The molecule has 0 atom stereocenters. The molecular weight excluding hydrogens is 189 g/mol. The van der Waals surface area contributed by atoms with E-state index >= 15 is 0 Å². The quantitative estimate of drug-likeness (QED) is 0.579. The molecular formula is C9H8FNO3. The molecule has 1 aliphatic rings. The molecule has 0 bridgehead atoms. The third-order valence-corrected chi connectivity index (χ3v) is 2.38. The van der Waals surface area contributed by atoms with Crippen LogP contribution in [0.2, 0.25) is 0 Å². The van der Waals surface area contributed by atoms with Crippen LogP contribution in [0.15, 0.2) is 18.2 Å². The number of nitrogens with zero attached hydrogens (tertiary/aromatic N) is 1.